The molecule has 1 aliphatic rings. The number of benzene rings is 1. The number of amides is 2. The molecular formula is C20H16FN7O3S. The van der Waals surface area contributed by atoms with Crippen LogP contribution < -0.4 is 21.1 Å². The third kappa shape index (κ3) is 4.92. The van der Waals surface area contributed by atoms with E-state index in [4.69, 9.17) is 10.5 Å². The van der Waals surface area contributed by atoms with Crippen LogP contribution in [0.15, 0.2) is 47.7 Å². The van der Waals surface area contributed by atoms with Crippen LogP contribution in [0.4, 0.5) is 9.52 Å². The highest BCUT2D eigenvalue weighted by Crippen LogP contribution is 2.27. The van der Waals surface area contributed by atoms with E-state index >= 15 is 0 Å². The topological polar surface area (TPSA) is 144 Å². The summed E-state index contributed by atoms with van der Waals surface area (Å²) < 4.78 is 19.9. The maximum Gasteiger partial charge on any atom is 0.254 e. The quantitative estimate of drug-likeness (QED) is 0.497. The van der Waals surface area contributed by atoms with Crippen LogP contribution in [0, 0.1) is 5.82 Å². The van der Waals surface area contributed by atoms with Crippen LogP contribution in [-0.2, 0) is 11.2 Å². The molecule has 0 aliphatic carbocycles. The Morgan fingerprint density at radius 2 is 2.16 bits per heavy atom. The van der Waals surface area contributed by atoms with E-state index in [1.165, 1.54) is 47.9 Å². The number of hydrogen-bond acceptors (Lipinski definition) is 9. The van der Waals surface area contributed by atoms with Gasteiger partial charge in [-0.2, -0.15) is 0 Å². The smallest absolute Gasteiger partial charge is 0.254 e. The first kappa shape index (κ1) is 21.1. The number of anilines is 1. The van der Waals surface area contributed by atoms with Crippen molar-refractivity contribution in [1.82, 2.24) is 20.5 Å². The summed E-state index contributed by atoms with van der Waals surface area (Å²) in [6.07, 6.45) is 4.73. The zero-order chi connectivity index (χ0) is 22.5. The fourth-order valence-electron chi connectivity index (χ4n) is 2.73. The number of aliphatic imine (C=N–C) groups is 1. The van der Waals surface area contributed by atoms with Crippen molar-refractivity contribution < 1.29 is 18.7 Å². The molecule has 0 atom stereocenters. The molecule has 4 N–H and O–H groups in total. The number of primary amides is 1. The van der Waals surface area contributed by atoms with Gasteiger partial charge in [0, 0.05) is 25.2 Å². The molecule has 10 nitrogen and oxygen atoms in total. The van der Waals surface area contributed by atoms with Crippen LogP contribution in [0.2, 0.25) is 0 Å². The predicted molar refractivity (Wildman–Crippen MR) is 116 cm³/mol. The Kier molecular flexibility index (Phi) is 6.12. The summed E-state index contributed by atoms with van der Waals surface area (Å²) in [5.41, 5.74) is 6.34. The van der Waals surface area contributed by atoms with Gasteiger partial charge in [0.2, 0.25) is 16.9 Å². The first-order valence-corrected chi connectivity index (χ1v) is 10.1. The van der Waals surface area contributed by atoms with Gasteiger partial charge in [-0.3, -0.25) is 14.6 Å². The van der Waals surface area contributed by atoms with Crippen molar-refractivity contribution in [1.29, 1.82) is 0 Å². The van der Waals surface area contributed by atoms with Gasteiger partial charge < -0.3 is 21.1 Å². The minimum Gasteiger partial charge on any atom is -0.435 e. The monoisotopic (exact) mass is 453 g/mol. The molecule has 2 aromatic heterocycles. The highest BCUT2D eigenvalue weighted by atomic mass is 32.1. The summed E-state index contributed by atoms with van der Waals surface area (Å²) >= 11 is 1.17. The van der Waals surface area contributed by atoms with Crippen molar-refractivity contribution in [2.45, 2.75) is 6.42 Å². The molecule has 162 valence electrons. The number of aromatic nitrogens is 3. The minimum atomic E-state index is -0.746. The van der Waals surface area contributed by atoms with E-state index in [1.54, 1.807) is 12.4 Å². The SMILES string of the molecule is NC(=O)c1cccnc1Oc1ccc(CC(=O)Nc2nnc(C3=CNCC=N3)s2)cc1F. The first-order valence-electron chi connectivity index (χ1n) is 9.30. The lowest BCUT2D eigenvalue weighted by Gasteiger charge is -2.09. The number of nitrogens with two attached hydrogens (primary N) is 1. The van der Waals surface area contributed by atoms with Gasteiger partial charge in [0.25, 0.3) is 5.91 Å². The summed E-state index contributed by atoms with van der Waals surface area (Å²) in [4.78, 5) is 31.9. The molecule has 0 spiro atoms. The van der Waals surface area contributed by atoms with Gasteiger partial charge in [0.05, 0.1) is 6.42 Å². The van der Waals surface area contributed by atoms with Crippen molar-refractivity contribution in [2.75, 3.05) is 11.9 Å². The lowest BCUT2D eigenvalue weighted by atomic mass is 10.1. The molecule has 0 fully saturated rings. The van der Waals surface area contributed by atoms with Crippen LogP contribution in [0.1, 0.15) is 20.9 Å². The summed E-state index contributed by atoms with van der Waals surface area (Å²) in [6, 6.07) is 6.99. The number of hydrogen-bond donors (Lipinski definition) is 3. The average Bonchev–Trinajstić information content (AvgIpc) is 3.25. The van der Waals surface area contributed by atoms with Crippen LogP contribution in [0.3, 0.4) is 0 Å². The Hall–Kier alpha value is -4.19. The summed E-state index contributed by atoms with van der Waals surface area (Å²) in [6.45, 7) is 0.639. The second-order valence-electron chi connectivity index (χ2n) is 6.47. The lowest BCUT2D eigenvalue weighted by molar-refractivity contribution is -0.115. The Morgan fingerprint density at radius 3 is 2.91 bits per heavy atom. The van der Waals surface area contributed by atoms with Crippen molar-refractivity contribution in [2.24, 2.45) is 10.7 Å². The highest BCUT2D eigenvalue weighted by molar-refractivity contribution is 7.16. The molecule has 1 aliphatic heterocycles. The van der Waals surface area contributed by atoms with E-state index in [1.807, 2.05) is 0 Å². The zero-order valence-electron chi connectivity index (χ0n) is 16.4. The normalized spacial score (nSPS) is 12.6. The van der Waals surface area contributed by atoms with Gasteiger partial charge >= 0.3 is 0 Å². The van der Waals surface area contributed by atoms with E-state index in [0.717, 1.165) is 0 Å². The second-order valence-corrected chi connectivity index (χ2v) is 7.45. The number of rotatable bonds is 7. The van der Waals surface area contributed by atoms with Gasteiger partial charge in [-0.15, -0.1) is 10.2 Å². The van der Waals surface area contributed by atoms with Crippen LogP contribution in [0.25, 0.3) is 5.70 Å². The maximum atomic E-state index is 14.5. The van der Waals surface area contributed by atoms with Crippen LogP contribution in [-0.4, -0.2) is 39.8 Å². The zero-order valence-corrected chi connectivity index (χ0v) is 17.2. The highest BCUT2D eigenvalue weighted by Gasteiger charge is 2.16. The molecule has 3 aromatic rings. The van der Waals surface area contributed by atoms with Crippen molar-refractivity contribution in [3.8, 4) is 11.6 Å². The van der Waals surface area contributed by atoms with Gasteiger partial charge in [0.15, 0.2) is 16.6 Å². The molecule has 4 rings (SSSR count). The molecule has 0 unspecified atom stereocenters. The second kappa shape index (κ2) is 9.31. The Labute approximate surface area is 185 Å². The van der Waals surface area contributed by atoms with E-state index in [9.17, 15) is 14.0 Å². The number of carbonyl (C=O) groups is 2. The predicted octanol–water partition coefficient (Wildman–Crippen LogP) is 2.12. The maximum absolute atomic E-state index is 14.5. The molecule has 12 heteroatoms. The standard InChI is InChI=1S/C20H16FN7O3S/c21-13-8-11(3-4-15(13)31-18-12(17(22)30)2-1-5-25-18)9-16(29)26-20-28-27-19(32-20)14-10-23-6-7-24-14/h1-5,7-8,10,23H,6,9H2,(H2,22,30)(H,26,28,29). The van der Waals surface area contributed by atoms with E-state index < -0.39 is 11.7 Å². The molecule has 0 bridgehead atoms. The van der Waals surface area contributed by atoms with E-state index in [2.05, 4.69) is 30.8 Å². The fourth-order valence-corrected chi connectivity index (χ4v) is 3.46. The molecule has 0 saturated carbocycles. The number of pyridine rings is 1. The molecule has 32 heavy (non-hydrogen) atoms. The molecule has 3 heterocycles. The van der Waals surface area contributed by atoms with Gasteiger partial charge in [0.1, 0.15) is 11.3 Å². The first-order chi connectivity index (χ1) is 15.5. The fraction of sp³-hybridized carbons (Fsp3) is 0.100. The van der Waals surface area contributed by atoms with Crippen molar-refractivity contribution in [3.63, 3.8) is 0 Å². The van der Waals surface area contributed by atoms with Crippen LogP contribution in [0.5, 0.6) is 11.6 Å². The summed E-state index contributed by atoms with van der Waals surface area (Å²) in [5.74, 6) is -2.11. The number of ether oxygens (including phenoxy) is 1. The number of halogens is 1. The Balaban J connectivity index is 1.40. The molecule has 2 amide bonds. The summed E-state index contributed by atoms with van der Waals surface area (Å²) in [5, 5.41) is 14.4. The number of carbonyl (C=O) groups excluding carboxylic acids is 2. The number of nitrogens with zero attached hydrogens (tertiary/aromatic N) is 4. The van der Waals surface area contributed by atoms with Gasteiger partial charge in [-0.05, 0) is 29.8 Å². The lowest BCUT2D eigenvalue weighted by Crippen LogP contribution is -2.14. The van der Waals surface area contributed by atoms with Gasteiger partial charge in [-0.25, -0.2) is 9.37 Å². The minimum absolute atomic E-state index is 0.0252. The van der Waals surface area contributed by atoms with E-state index in [0.29, 0.717) is 27.9 Å². The van der Waals surface area contributed by atoms with Crippen molar-refractivity contribution in [3.05, 3.63) is 64.7 Å². The number of nitrogens with one attached hydrogen (secondary N) is 2. The van der Waals surface area contributed by atoms with Gasteiger partial charge in [-0.1, -0.05) is 17.4 Å². The third-order valence-electron chi connectivity index (χ3n) is 4.17. The largest absolute Gasteiger partial charge is 0.435 e. The Morgan fingerprint density at radius 1 is 1.28 bits per heavy atom. The molecule has 0 radical (unpaired) electrons. The van der Waals surface area contributed by atoms with Crippen molar-refractivity contribution >= 4 is 40.2 Å². The Bertz CT molecular complexity index is 1240. The molecular weight excluding hydrogens is 437 g/mol. The van der Waals surface area contributed by atoms with E-state index in [-0.39, 0.29) is 29.5 Å². The third-order valence-corrected chi connectivity index (χ3v) is 5.03. The van der Waals surface area contributed by atoms with Crippen LogP contribution >= 0.6 is 11.3 Å². The molecule has 1 aromatic carbocycles. The molecule has 0 saturated heterocycles. The summed E-state index contributed by atoms with van der Waals surface area (Å²) in [7, 11) is 0. The average molecular weight is 453 g/mol.